The number of hydrogen-bond acceptors (Lipinski definition) is 7. The van der Waals surface area contributed by atoms with Gasteiger partial charge in [0, 0.05) is 0 Å². The zero-order chi connectivity index (χ0) is 12.8. The van der Waals surface area contributed by atoms with Crippen molar-refractivity contribution >= 4 is 5.95 Å². The third-order valence-electron chi connectivity index (χ3n) is 2.82. The lowest BCUT2D eigenvalue weighted by atomic mass is 9.98. The molecule has 2 rings (SSSR count). The second kappa shape index (κ2) is 6.34. The number of nitrogens with two attached hydrogens (primary N) is 1. The molecule has 0 spiro atoms. The zero-order valence-corrected chi connectivity index (χ0v) is 10.6. The van der Waals surface area contributed by atoms with Crippen LogP contribution in [-0.4, -0.2) is 27.7 Å². The van der Waals surface area contributed by atoms with E-state index in [0.717, 1.165) is 12.8 Å². The molecule has 0 radical (unpaired) electrons. The number of rotatable bonds is 5. The molecule has 18 heavy (non-hydrogen) atoms. The largest absolute Gasteiger partial charge is 0.464 e. The Bertz CT molecular complexity index is 382. The van der Waals surface area contributed by atoms with Crippen molar-refractivity contribution in [1.29, 1.82) is 0 Å². The van der Waals surface area contributed by atoms with Gasteiger partial charge in [-0.15, -0.1) is 4.98 Å². The fraction of sp³-hybridized carbons (Fsp3) is 0.727. The van der Waals surface area contributed by atoms with Gasteiger partial charge in [-0.25, -0.2) is 5.84 Å². The number of ether oxygens (including phenoxy) is 2. The lowest BCUT2D eigenvalue weighted by Gasteiger charge is -2.21. The van der Waals surface area contributed by atoms with E-state index in [9.17, 15) is 0 Å². The molecule has 1 aliphatic carbocycles. The Hall–Kier alpha value is -1.63. The van der Waals surface area contributed by atoms with Crippen LogP contribution in [0, 0.1) is 0 Å². The van der Waals surface area contributed by atoms with E-state index in [2.05, 4.69) is 20.4 Å². The molecule has 100 valence electrons. The molecule has 0 bridgehead atoms. The van der Waals surface area contributed by atoms with Crippen molar-refractivity contribution in [2.75, 3.05) is 12.0 Å². The average Bonchev–Trinajstić information content (AvgIpc) is 2.40. The van der Waals surface area contributed by atoms with Gasteiger partial charge in [0.05, 0.1) is 6.61 Å². The van der Waals surface area contributed by atoms with E-state index in [1.54, 1.807) is 0 Å². The number of nitrogens with zero attached hydrogens (tertiary/aromatic N) is 3. The van der Waals surface area contributed by atoms with Crippen LogP contribution in [0.4, 0.5) is 5.95 Å². The minimum Gasteiger partial charge on any atom is -0.464 e. The summed E-state index contributed by atoms with van der Waals surface area (Å²) in [6.45, 7) is 2.35. The SMILES string of the molecule is CCOc1nc(NN)nc(OC2CCCCC2)n1. The third kappa shape index (κ3) is 3.43. The van der Waals surface area contributed by atoms with Crippen LogP contribution in [0.3, 0.4) is 0 Å². The highest BCUT2D eigenvalue weighted by atomic mass is 16.5. The first-order valence-electron chi connectivity index (χ1n) is 6.34. The van der Waals surface area contributed by atoms with Crippen molar-refractivity contribution in [1.82, 2.24) is 15.0 Å². The van der Waals surface area contributed by atoms with Crippen LogP contribution in [-0.2, 0) is 0 Å². The second-order valence-corrected chi connectivity index (χ2v) is 4.18. The van der Waals surface area contributed by atoms with Gasteiger partial charge in [-0.1, -0.05) is 6.42 Å². The molecule has 1 aromatic heterocycles. The van der Waals surface area contributed by atoms with Gasteiger partial charge in [0.1, 0.15) is 6.10 Å². The molecule has 7 nitrogen and oxygen atoms in total. The number of aromatic nitrogens is 3. The Morgan fingerprint density at radius 1 is 1.17 bits per heavy atom. The van der Waals surface area contributed by atoms with Gasteiger partial charge in [0.25, 0.3) is 0 Å². The maximum Gasteiger partial charge on any atom is 0.324 e. The summed E-state index contributed by atoms with van der Waals surface area (Å²) in [6, 6.07) is 0.500. The standard InChI is InChI=1S/C11H19N5O2/c1-2-17-10-13-9(16-12)14-11(15-10)18-8-6-4-3-5-7-8/h8H,2-7,12H2,1H3,(H,13,14,15,16). The Kier molecular flexibility index (Phi) is 4.52. The molecule has 0 unspecified atom stereocenters. The minimum absolute atomic E-state index is 0.182. The molecule has 0 amide bonds. The van der Waals surface area contributed by atoms with Crippen molar-refractivity contribution in [3.8, 4) is 12.0 Å². The van der Waals surface area contributed by atoms with E-state index < -0.39 is 0 Å². The van der Waals surface area contributed by atoms with Crippen LogP contribution < -0.4 is 20.7 Å². The lowest BCUT2D eigenvalue weighted by molar-refractivity contribution is 0.139. The molecule has 1 heterocycles. The van der Waals surface area contributed by atoms with E-state index in [-0.39, 0.29) is 24.1 Å². The van der Waals surface area contributed by atoms with Gasteiger partial charge >= 0.3 is 12.0 Å². The Morgan fingerprint density at radius 2 is 1.89 bits per heavy atom. The van der Waals surface area contributed by atoms with E-state index in [4.69, 9.17) is 15.3 Å². The van der Waals surface area contributed by atoms with Crippen LogP contribution in [0.1, 0.15) is 39.0 Å². The summed E-state index contributed by atoms with van der Waals surface area (Å²) in [5.74, 6) is 5.55. The second-order valence-electron chi connectivity index (χ2n) is 4.18. The summed E-state index contributed by atoms with van der Waals surface area (Å²) in [5, 5.41) is 0. The van der Waals surface area contributed by atoms with Crippen LogP contribution >= 0.6 is 0 Å². The molecular formula is C11H19N5O2. The Labute approximate surface area is 106 Å². The average molecular weight is 253 g/mol. The molecule has 0 atom stereocenters. The maximum atomic E-state index is 5.75. The van der Waals surface area contributed by atoms with Gasteiger partial charge in [-0.2, -0.15) is 9.97 Å². The van der Waals surface area contributed by atoms with Gasteiger partial charge in [0.15, 0.2) is 0 Å². The van der Waals surface area contributed by atoms with Crippen LogP contribution in [0.25, 0.3) is 0 Å². The predicted octanol–water partition coefficient (Wildman–Crippen LogP) is 1.27. The number of hydrazine groups is 1. The monoisotopic (exact) mass is 253 g/mol. The van der Waals surface area contributed by atoms with Gasteiger partial charge in [0.2, 0.25) is 5.95 Å². The third-order valence-corrected chi connectivity index (χ3v) is 2.82. The van der Waals surface area contributed by atoms with E-state index in [0.29, 0.717) is 6.61 Å². The molecule has 1 aromatic rings. The first kappa shape index (κ1) is 12.8. The molecular weight excluding hydrogens is 234 g/mol. The molecule has 1 saturated carbocycles. The summed E-state index contributed by atoms with van der Waals surface area (Å²) in [6.07, 6.45) is 5.92. The van der Waals surface area contributed by atoms with Crippen molar-refractivity contribution in [3.05, 3.63) is 0 Å². The highest BCUT2D eigenvalue weighted by Crippen LogP contribution is 2.22. The fourth-order valence-corrected chi connectivity index (χ4v) is 1.98. The Morgan fingerprint density at radius 3 is 2.56 bits per heavy atom. The summed E-state index contributed by atoms with van der Waals surface area (Å²) < 4.78 is 11.0. The summed E-state index contributed by atoms with van der Waals surface area (Å²) in [5.41, 5.74) is 2.38. The molecule has 0 saturated heterocycles. The van der Waals surface area contributed by atoms with Crippen molar-refractivity contribution in [2.45, 2.75) is 45.1 Å². The number of hydrogen-bond donors (Lipinski definition) is 2. The van der Waals surface area contributed by atoms with Crippen LogP contribution in [0.2, 0.25) is 0 Å². The fourth-order valence-electron chi connectivity index (χ4n) is 1.98. The smallest absolute Gasteiger partial charge is 0.324 e. The van der Waals surface area contributed by atoms with Crippen LogP contribution in [0.15, 0.2) is 0 Å². The predicted molar refractivity (Wildman–Crippen MR) is 66.3 cm³/mol. The zero-order valence-electron chi connectivity index (χ0n) is 10.6. The van der Waals surface area contributed by atoms with Crippen molar-refractivity contribution < 1.29 is 9.47 Å². The topological polar surface area (TPSA) is 95.2 Å². The van der Waals surface area contributed by atoms with Crippen LogP contribution in [0.5, 0.6) is 12.0 Å². The van der Waals surface area contributed by atoms with E-state index in [1.165, 1.54) is 19.3 Å². The summed E-state index contributed by atoms with van der Waals surface area (Å²) >= 11 is 0. The number of anilines is 1. The van der Waals surface area contributed by atoms with E-state index in [1.807, 2.05) is 6.92 Å². The normalized spacial score (nSPS) is 16.3. The molecule has 7 heteroatoms. The number of nitrogens with one attached hydrogen (secondary N) is 1. The summed E-state index contributed by atoms with van der Waals surface area (Å²) in [4.78, 5) is 12.1. The van der Waals surface area contributed by atoms with Crippen molar-refractivity contribution in [2.24, 2.45) is 5.84 Å². The highest BCUT2D eigenvalue weighted by Gasteiger charge is 2.17. The number of nitrogen functional groups attached to an aromatic ring is 1. The molecule has 1 fully saturated rings. The molecule has 1 aliphatic rings. The Balaban J connectivity index is 2.07. The van der Waals surface area contributed by atoms with E-state index >= 15 is 0 Å². The summed E-state index contributed by atoms with van der Waals surface area (Å²) in [7, 11) is 0. The van der Waals surface area contributed by atoms with Gasteiger partial charge in [-0.05, 0) is 32.6 Å². The van der Waals surface area contributed by atoms with Gasteiger partial charge < -0.3 is 9.47 Å². The molecule has 3 N–H and O–H groups in total. The highest BCUT2D eigenvalue weighted by molar-refractivity contribution is 5.25. The quantitative estimate of drug-likeness (QED) is 0.602. The lowest BCUT2D eigenvalue weighted by Crippen LogP contribution is -2.22. The van der Waals surface area contributed by atoms with Crippen molar-refractivity contribution in [3.63, 3.8) is 0 Å². The molecule has 0 aromatic carbocycles. The molecule has 0 aliphatic heterocycles. The first-order valence-corrected chi connectivity index (χ1v) is 6.34. The maximum absolute atomic E-state index is 5.75. The first-order chi connectivity index (χ1) is 8.81. The van der Waals surface area contributed by atoms with Gasteiger partial charge in [-0.3, -0.25) is 5.43 Å². The minimum atomic E-state index is 0.182.